The minimum absolute atomic E-state index is 0.0284. The van der Waals surface area contributed by atoms with E-state index in [2.05, 4.69) is 33.0 Å². The minimum Gasteiger partial charge on any atom is -0.373 e. The summed E-state index contributed by atoms with van der Waals surface area (Å²) < 4.78 is 5.91. The molecule has 2 heteroatoms. The van der Waals surface area contributed by atoms with Crippen LogP contribution < -0.4 is 5.32 Å². The average Bonchev–Trinajstić information content (AvgIpc) is 2.69. The van der Waals surface area contributed by atoms with Crippen LogP contribution in [0.4, 0.5) is 0 Å². The van der Waals surface area contributed by atoms with Crippen LogP contribution in [0.1, 0.15) is 47.0 Å². The molecule has 2 nitrogen and oxygen atoms in total. The Bertz CT molecular complexity index is 215. The maximum absolute atomic E-state index is 5.91. The molecule has 2 saturated carbocycles. The Morgan fingerprint density at radius 1 is 1.20 bits per heavy atom. The van der Waals surface area contributed by atoms with Crippen molar-refractivity contribution in [2.75, 3.05) is 6.54 Å². The molecule has 0 radical (unpaired) electrons. The van der Waals surface area contributed by atoms with Gasteiger partial charge in [-0.25, -0.2) is 0 Å². The van der Waals surface area contributed by atoms with Crippen molar-refractivity contribution in [2.24, 2.45) is 11.8 Å². The highest BCUT2D eigenvalue weighted by atomic mass is 16.5. The van der Waals surface area contributed by atoms with E-state index in [4.69, 9.17) is 4.74 Å². The van der Waals surface area contributed by atoms with Crippen LogP contribution in [0.25, 0.3) is 0 Å². The summed E-state index contributed by atoms with van der Waals surface area (Å²) in [5, 5.41) is 3.65. The fourth-order valence-corrected chi connectivity index (χ4v) is 2.33. The Hall–Kier alpha value is -0.0800. The molecular weight excluding hydrogens is 186 g/mol. The SMILES string of the molecule is CC1CC1CNC1CC(OC(C)(C)C)C1. The molecule has 2 aliphatic rings. The van der Waals surface area contributed by atoms with Crippen LogP contribution in [-0.2, 0) is 4.74 Å². The van der Waals surface area contributed by atoms with E-state index in [1.165, 1.54) is 25.8 Å². The van der Waals surface area contributed by atoms with Gasteiger partial charge in [0, 0.05) is 6.04 Å². The van der Waals surface area contributed by atoms with Gasteiger partial charge < -0.3 is 10.1 Å². The Kier molecular flexibility index (Phi) is 3.09. The van der Waals surface area contributed by atoms with E-state index >= 15 is 0 Å². The quantitative estimate of drug-likeness (QED) is 0.771. The second-order valence-corrected chi connectivity index (χ2v) is 6.40. The fourth-order valence-electron chi connectivity index (χ4n) is 2.33. The number of hydrogen-bond acceptors (Lipinski definition) is 2. The average molecular weight is 211 g/mol. The molecule has 0 amide bonds. The van der Waals surface area contributed by atoms with Crippen LogP contribution in [-0.4, -0.2) is 24.3 Å². The molecule has 2 rings (SSSR count). The highest BCUT2D eigenvalue weighted by molar-refractivity contribution is 4.91. The van der Waals surface area contributed by atoms with E-state index in [0.717, 1.165) is 17.9 Å². The lowest BCUT2D eigenvalue weighted by molar-refractivity contribution is -0.102. The van der Waals surface area contributed by atoms with Crippen LogP contribution in [0.15, 0.2) is 0 Å². The van der Waals surface area contributed by atoms with E-state index in [1.54, 1.807) is 0 Å². The molecule has 2 atom stereocenters. The van der Waals surface area contributed by atoms with Gasteiger partial charge in [0.15, 0.2) is 0 Å². The van der Waals surface area contributed by atoms with Crippen molar-refractivity contribution in [3.8, 4) is 0 Å². The largest absolute Gasteiger partial charge is 0.373 e. The monoisotopic (exact) mass is 211 g/mol. The third kappa shape index (κ3) is 3.46. The molecule has 2 fully saturated rings. The predicted octanol–water partition coefficient (Wildman–Crippen LogP) is 2.58. The zero-order valence-corrected chi connectivity index (χ0v) is 10.5. The van der Waals surface area contributed by atoms with Gasteiger partial charge in [-0.15, -0.1) is 0 Å². The van der Waals surface area contributed by atoms with Gasteiger partial charge in [-0.1, -0.05) is 6.92 Å². The van der Waals surface area contributed by atoms with E-state index in [9.17, 15) is 0 Å². The van der Waals surface area contributed by atoms with Crippen molar-refractivity contribution in [1.29, 1.82) is 0 Å². The number of ether oxygens (including phenoxy) is 1. The van der Waals surface area contributed by atoms with Crippen LogP contribution >= 0.6 is 0 Å². The van der Waals surface area contributed by atoms with Crippen LogP contribution in [0, 0.1) is 11.8 Å². The Labute approximate surface area is 93.8 Å². The molecule has 0 heterocycles. The van der Waals surface area contributed by atoms with Crippen LogP contribution in [0.3, 0.4) is 0 Å². The first-order chi connectivity index (χ1) is 6.94. The topological polar surface area (TPSA) is 21.3 Å². The van der Waals surface area contributed by atoms with Gasteiger partial charge in [0.1, 0.15) is 0 Å². The van der Waals surface area contributed by atoms with Gasteiger partial charge in [-0.05, 0) is 58.4 Å². The van der Waals surface area contributed by atoms with Gasteiger partial charge in [0.25, 0.3) is 0 Å². The Balaban J connectivity index is 1.54. The summed E-state index contributed by atoms with van der Waals surface area (Å²) in [7, 11) is 0. The highest BCUT2D eigenvalue weighted by Gasteiger charge is 2.36. The van der Waals surface area contributed by atoms with Crippen LogP contribution in [0.5, 0.6) is 0 Å². The number of nitrogens with one attached hydrogen (secondary N) is 1. The zero-order chi connectivity index (χ0) is 11.1. The number of hydrogen-bond donors (Lipinski definition) is 1. The van der Waals surface area contributed by atoms with Gasteiger partial charge in [-0.3, -0.25) is 0 Å². The zero-order valence-electron chi connectivity index (χ0n) is 10.5. The maximum Gasteiger partial charge on any atom is 0.0612 e. The first-order valence-electron chi connectivity index (χ1n) is 6.35. The molecule has 0 aromatic rings. The lowest BCUT2D eigenvalue weighted by atomic mass is 9.88. The van der Waals surface area contributed by atoms with Crippen molar-refractivity contribution in [2.45, 2.75) is 64.7 Å². The van der Waals surface area contributed by atoms with E-state index < -0.39 is 0 Å². The summed E-state index contributed by atoms with van der Waals surface area (Å²) in [5.41, 5.74) is 0.0284. The van der Waals surface area contributed by atoms with Crippen molar-refractivity contribution < 1.29 is 4.74 Å². The van der Waals surface area contributed by atoms with Crippen molar-refractivity contribution >= 4 is 0 Å². The van der Waals surface area contributed by atoms with Crippen molar-refractivity contribution in [3.05, 3.63) is 0 Å². The first kappa shape index (κ1) is 11.4. The second-order valence-electron chi connectivity index (χ2n) is 6.40. The van der Waals surface area contributed by atoms with E-state index in [1.807, 2.05) is 0 Å². The highest BCUT2D eigenvalue weighted by Crippen LogP contribution is 2.37. The molecule has 15 heavy (non-hydrogen) atoms. The molecule has 1 N–H and O–H groups in total. The third-order valence-corrected chi connectivity index (χ3v) is 3.56. The predicted molar refractivity (Wildman–Crippen MR) is 62.9 cm³/mol. The van der Waals surface area contributed by atoms with Gasteiger partial charge in [-0.2, -0.15) is 0 Å². The molecule has 0 aromatic carbocycles. The molecule has 88 valence electrons. The van der Waals surface area contributed by atoms with Crippen molar-refractivity contribution in [1.82, 2.24) is 5.32 Å². The number of rotatable bonds is 4. The van der Waals surface area contributed by atoms with Crippen molar-refractivity contribution in [3.63, 3.8) is 0 Å². The Morgan fingerprint density at radius 3 is 2.27 bits per heavy atom. The molecule has 2 aliphatic carbocycles. The minimum atomic E-state index is 0.0284. The Morgan fingerprint density at radius 2 is 1.80 bits per heavy atom. The molecule has 2 unspecified atom stereocenters. The van der Waals surface area contributed by atoms with Crippen LogP contribution in [0.2, 0.25) is 0 Å². The third-order valence-electron chi connectivity index (χ3n) is 3.56. The van der Waals surface area contributed by atoms with Gasteiger partial charge in [0.2, 0.25) is 0 Å². The molecule has 0 aromatic heterocycles. The molecule has 0 bridgehead atoms. The van der Waals surface area contributed by atoms with Gasteiger partial charge in [0.05, 0.1) is 11.7 Å². The summed E-state index contributed by atoms with van der Waals surface area (Å²) >= 11 is 0. The van der Waals surface area contributed by atoms with E-state index in [-0.39, 0.29) is 5.60 Å². The summed E-state index contributed by atoms with van der Waals surface area (Å²) in [6.07, 6.45) is 4.34. The standard InChI is InChI=1S/C13H25NO/c1-9-5-10(9)8-14-11-6-12(7-11)15-13(2,3)4/h9-12,14H,5-8H2,1-4H3. The molecule has 0 spiro atoms. The lowest BCUT2D eigenvalue weighted by Gasteiger charge is -2.39. The molecule has 0 saturated heterocycles. The summed E-state index contributed by atoms with van der Waals surface area (Å²) in [5.74, 6) is 1.94. The van der Waals surface area contributed by atoms with E-state index in [0.29, 0.717) is 6.10 Å². The first-order valence-corrected chi connectivity index (χ1v) is 6.35. The smallest absolute Gasteiger partial charge is 0.0612 e. The summed E-state index contributed by atoms with van der Waals surface area (Å²) in [4.78, 5) is 0. The summed E-state index contributed by atoms with van der Waals surface area (Å²) in [6.45, 7) is 9.99. The maximum atomic E-state index is 5.91. The lowest BCUT2D eigenvalue weighted by Crippen LogP contribution is -2.48. The molecule has 0 aliphatic heterocycles. The summed E-state index contributed by atoms with van der Waals surface area (Å²) in [6, 6.07) is 0.727. The van der Waals surface area contributed by atoms with Gasteiger partial charge >= 0.3 is 0 Å². The fraction of sp³-hybridized carbons (Fsp3) is 1.00. The molecular formula is C13H25NO. The normalized spacial score (nSPS) is 40.0. The second kappa shape index (κ2) is 4.06.